The maximum atomic E-state index is 11.7. The van der Waals surface area contributed by atoms with E-state index >= 15 is 0 Å². The molecular weight excluding hydrogens is 272 g/mol. The minimum atomic E-state index is -0.427. The maximum Gasteiger partial charge on any atom is 0.252 e. The lowest BCUT2D eigenvalue weighted by molar-refractivity contribution is -0.117. The highest BCUT2D eigenvalue weighted by Crippen LogP contribution is 2.17. The molecule has 1 rings (SSSR count). The monoisotopic (exact) mass is 284 g/mol. The van der Waals surface area contributed by atoms with E-state index in [1.807, 2.05) is 19.1 Å². The molecule has 1 aromatic carbocycles. The zero-order valence-electron chi connectivity index (χ0n) is 8.92. The quantitative estimate of drug-likeness (QED) is 0.876. The molecule has 0 bridgehead atoms. The third-order valence-corrected chi connectivity index (χ3v) is 2.71. The zero-order valence-corrected chi connectivity index (χ0v) is 10.5. The van der Waals surface area contributed by atoms with Gasteiger partial charge >= 0.3 is 0 Å². The highest BCUT2D eigenvalue weighted by atomic mass is 79.9. The number of primary amides is 1. The molecule has 5 heteroatoms. The molecule has 86 valence electrons. The molecule has 1 aromatic rings. The van der Waals surface area contributed by atoms with Crippen LogP contribution in [0.5, 0.6) is 0 Å². The summed E-state index contributed by atoms with van der Waals surface area (Å²) in [5.74, 6) is -0.638. The van der Waals surface area contributed by atoms with Gasteiger partial charge in [-0.2, -0.15) is 0 Å². The van der Waals surface area contributed by atoms with Gasteiger partial charge in [-0.1, -0.05) is 11.6 Å². The smallest absolute Gasteiger partial charge is 0.252 e. The number of nitrogens with one attached hydrogen (secondary N) is 1. The van der Waals surface area contributed by atoms with Crippen molar-refractivity contribution >= 4 is 27.7 Å². The van der Waals surface area contributed by atoms with E-state index in [0.717, 1.165) is 10.0 Å². The fourth-order valence-electron chi connectivity index (χ4n) is 1.21. The molecule has 0 radical (unpaired) electrons. The van der Waals surface area contributed by atoms with Crippen molar-refractivity contribution in [3.05, 3.63) is 33.8 Å². The minimum absolute atomic E-state index is 0.148. The second kappa shape index (κ2) is 5.65. The van der Waals surface area contributed by atoms with Crippen LogP contribution < -0.4 is 11.1 Å². The van der Waals surface area contributed by atoms with E-state index in [2.05, 4.69) is 21.2 Å². The number of carbonyl (C=O) groups excluding carboxylic acids is 2. The first-order valence-corrected chi connectivity index (χ1v) is 5.62. The maximum absolute atomic E-state index is 11.7. The summed E-state index contributed by atoms with van der Waals surface area (Å²) in [6, 6.07) is 5.51. The number of rotatable bonds is 4. The fourth-order valence-corrected chi connectivity index (χ4v) is 1.63. The Kier molecular flexibility index (Phi) is 4.49. The molecule has 3 N–H and O–H groups in total. The highest BCUT2D eigenvalue weighted by Gasteiger charge is 2.09. The van der Waals surface area contributed by atoms with Crippen LogP contribution in [0.3, 0.4) is 0 Å². The fraction of sp³-hybridized carbons (Fsp3) is 0.273. The van der Waals surface area contributed by atoms with Crippen LogP contribution in [0.1, 0.15) is 22.3 Å². The van der Waals surface area contributed by atoms with Crippen molar-refractivity contribution in [1.29, 1.82) is 0 Å². The van der Waals surface area contributed by atoms with Gasteiger partial charge < -0.3 is 11.1 Å². The number of benzene rings is 1. The normalized spacial score (nSPS) is 9.88. The number of nitrogens with two attached hydrogens (primary N) is 1. The van der Waals surface area contributed by atoms with Gasteiger partial charge in [0.15, 0.2) is 0 Å². The molecule has 0 heterocycles. The Hall–Kier alpha value is -1.36. The number of hydrogen-bond acceptors (Lipinski definition) is 2. The van der Waals surface area contributed by atoms with Gasteiger partial charge in [0.1, 0.15) is 0 Å². The van der Waals surface area contributed by atoms with Crippen molar-refractivity contribution in [3.8, 4) is 0 Å². The average Bonchev–Trinajstić information content (AvgIpc) is 2.21. The van der Waals surface area contributed by atoms with Crippen LogP contribution in [-0.4, -0.2) is 18.4 Å². The Morgan fingerprint density at radius 2 is 2.12 bits per heavy atom. The average molecular weight is 285 g/mol. The van der Waals surface area contributed by atoms with Gasteiger partial charge in [0.05, 0.1) is 5.56 Å². The van der Waals surface area contributed by atoms with Crippen LogP contribution in [0.4, 0.5) is 0 Å². The van der Waals surface area contributed by atoms with Crippen molar-refractivity contribution in [3.63, 3.8) is 0 Å². The lowest BCUT2D eigenvalue weighted by Crippen LogP contribution is -2.28. The zero-order chi connectivity index (χ0) is 12.1. The lowest BCUT2D eigenvalue weighted by atomic mass is 10.1. The van der Waals surface area contributed by atoms with Gasteiger partial charge in [-0.25, -0.2) is 0 Å². The Bertz CT molecular complexity index is 418. The first-order chi connectivity index (χ1) is 7.50. The van der Waals surface area contributed by atoms with Crippen molar-refractivity contribution in [2.45, 2.75) is 13.3 Å². The molecule has 0 aliphatic carbocycles. The molecule has 16 heavy (non-hydrogen) atoms. The number of amides is 2. The third-order valence-electron chi connectivity index (χ3n) is 2.02. The summed E-state index contributed by atoms with van der Waals surface area (Å²) in [6.45, 7) is 2.17. The molecule has 0 aliphatic heterocycles. The number of carbonyl (C=O) groups is 2. The molecule has 0 fully saturated rings. The summed E-state index contributed by atoms with van der Waals surface area (Å²) in [5.41, 5.74) is 6.53. The highest BCUT2D eigenvalue weighted by molar-refractivity contribution is 9.10. The Morgan fingerprint density at radius 1 is 1.44 bits per heavy atom. The molecule has 0 unspecified atom stereocenters. The molecule has 0 saturated carbocycles. The van der Waals surface area contributed by atoms with Crippen molar-refractivity contribution in [2.24, 2.45) is 5.73 Å². The largest absolute Gasteiger partial charge is 0.370 e. The molecule has 2 amide bonds. The van der Waals surface area contributed by atoms with Gasteiger partial charge in [0.25, 0.3) is 5.91 Å². The van der Waals surface area contributed by atoms with Crippen LogP contribution in [0, 0.1) is 6.92 Å². The van der Waals surface area contributed by atoms with Crippen LogP contribution in [0.15, 0.2) is 22.7 Å². The van der Waals surface area contributed by atoms with E-state index in [1.165, 1.54) is 0 Å². The third kappa shape index (κ3) is 3.66. The number of halogens is 1. The second-order valence-electron chi connectivity index (χ2n) is 3.46. The Labute approximate surface area is 102 Å². The predicted octanol–water partition coefficient (Wildman–Crippen LogP) is 1.36. The van der Waals surface area contributed by atoms with E-state index in [0.29, 0.717) is 5.56 Å². The topological polar surface area (TPSA) is 72.2 Å². The van der Waals surface area contributed by atoms with Gasteiger partial charge in [-0.05, 0) is 35.0 Å². The van der Waals surface area contributed by atoms with E-state index in [-0.39, 0.29) is 18.9 Å². The van der Waals surface area contributed by atoms with Crippen molar-refractivity contribution in [2.75, 3.05) is 6.54 Å². The Balaban J connectivity index is 2.65. The molecule has 0 saturated heterocycles. The lowest BCUT2D eigenvalue weighted by Gasteiger charge is -2.06. The molecule has 0 aromatic heterocycles. The SMILES string of the molecule is Cc1ccc(Br)c(C(=O)NCCC(N)=O)c1. The van der Waals surface area contributed by atoms with Crippen molar-refractivity contribution in [1.82, 2.24) is 5.32 Å². The van der Waals surface area contributed by atoms with E-state index in [1.54, 1.807) is 6.07 Å². The molecule has 0 spiro atoms. The first-order valence-electron chi connectivity index (χ1n) is 4.83. The summed E-state index contributed by atoms with van der Waals surface area (Å²) in [4.78, 5) is 22.2. The molecule has 4 nitrogen and oxygen atoms in total. The summed E-state index contributed by atoms with van der Waals surface area (Å²) < 4.78 is 0.731. The first kappa shape index (κ1) is 12.7. The minimum Gasteiger partial charge on any atom is -0.370 e. The Morgan fingerprint density at radius 3 is 2.75 bits per heavy atom. The number of aryl methyl sites for hydroxylation is 1. The van der Waals surface area contributed by atoms with Gasteiger partial charge in [0, 0.05) is 17.4 Å². The van der Waals surface area contributed by atoms with Crippen LogP contribution in [-0.2, 0) is 4.79 Å². The van der Waals surface area contributed by atoms with Crippen LogP contribution >= 0.6 is 15.9 Å². The summed E-state index contributed by atoms with van der Waals surface area (Å²) in [5, 5.41) is 2.63. The van der Waals surface area contributed by atoms with Gasteiger partial charge in [-0.3, -0.25) is 9.59 Å². The van der Waals surface area contributed by atoms with E-state index in [4.69, 9.17) is 5.73 Å². The second-order valence-corrected chi connectivity index (χ2v) is 4.31. The molecule has 0 aliphatic rings. The summed E-state index contributed by atoms with van der Waals surface area (Å²) >= 11 is 3.30. The van der Waals surface area contributed by atoms with Crippen molar-refractivity contribution < 1.29 is 9.59 Å². The van der Waals surface area contributed by atoms with Gasteiger partial charge in [-0.15, -0.1) is 0 Å². The predicted molar refractivity (Wildman–Crippen MR) is 65.0 cm³/mol. The van der Waals surface area contributed by atoms with Crippen LogP contribution in [0.25, 0.3) is 0 Å². The van der Waals surface area contributed by atoms with E-state index < -0.39 is 5.91 Å². The summed E-state index contributed by atoms with van der Waals surface area (Å²) in [7, 11) is 0. The summed E-state index contributed by atoms with van der Waals surface area (Å²) in [6.07, 6.45) is 0.148. The molecular formula is C11H13BrN2O2. The van der Waals surface area contributed by atoms with Crippen LogP contribution in [0.2, 0.25) is 0 Å². The van der Waals surface area contributed by atoms with Gasteiger partial charge in [0.2, 0.25) is 5.91 Å². The number of hydrogen-bond donors (Lipinski definition) is 2. The van der Waals surface area contributed by atoms with E-state index in [9.17, 15) is 9.59 Å². The standard InChI is InChI=1S/C11H13BrN2O2/c1-7-2-3-9(12)8(6-7)11(16)14-5-4-10(13)15/h2-3,6H,4-5H2,1H3,(H2,13,15)(H,14,16). The molecule has 0 atom stereocenters.